The molecular formula is C18H23ClN4O2. The van der Waals surface area contributed by atoms with E-state index >= 15 is 0 Å². The van der Waals surface area contributed by atoms with E-state index < -0.39 is 0 Å². The number of hydrogen-bond donors (Lipinski definition) is 1. The summed E-state index contributed by atoms with van der Waals surface area (Å²) in [6, 6.07) is 8.38. The Hall–Kier alpha value is -1.81. The van der Waals surface area contributed by atoms with E-state index in [1.54, 1.807) is 6.07 Å². The predicted molar refractivity (Wildman–Crippen MR) is 98.2 cm³/mol. The summed E-state index contributed by atoms with van der Waals surface area (Å²) in [7, 11) is 0. The molecule has 134 valence electrons. The number of ether oxygens (including phenoxy) is 1. The normalized spacial score (nSPS) is 20.3. The number of fused-ring (bicyclic) bond motifs is 1. The van der Waals surface area contributed by atoms with E-state index in [0.717, 1.165) is 63.0 Å². The van der Waals surface area contributed by atoms with Crippen LogP contribution in [0.2, 0.25) is 0 Å². The number of aromatic amines is 1. The smallest absolute Gasteiger partial charge is 0.326 e. The van der Waals surface area contributed by atoms with Crippen LogP contribution >= 0.6 is 12.4 Å². The van der Waals surface area contributed by atoms with Gasteiger partial charge in [-0.25, -0.2) is 4.79 Å². The van der Waals surface area contributed by atoms with E-state index in [9.17, 15) is 4.79 Å². The first-order chi connectivity index (χ1) is 11.8. The molecule has 0 unspecified atom stereocenters. The lowest BCUT2D eigenvalue weighted by Crippen LogP contribution is -2.45. The van der Waals surface area contributed by atoms with Gasteiger partial charge in [0.05, 0.1) is 22.7 Å². The molecule has 2 aromatic rings. The lowest BCUT2D eigenvalue weighted by molar-refractivity contribution is 0.0220. The Balaban J connectivity index is 0.00000182. The first kappa shape index (κ1) is 18.0. The van der Waals surface area contributed by atoms with E-state index in [1.807, 2.05) is 16.7 Å². The molecule has 0 saturated carbocycles. The van der Waals surface area contributed by atoms with Gasteiger partial charge in [0.15, 0.2) is 0 Å². The lowest BCUT2D eigenvalue weighted by atomic mass is 9.99. The number of hydrogen-bond acceptors (Lipinski definition) is 4. The minimum Gasteiger partial charge on any atom is -0.381 e. The molecule has 0 radical (unpaired) electrons. The highest BCUT2D eigenvalue weighted by Crippen LogP contribution is 2.28. The third-order valence-corrected chi connectivity index (χ3v) is 5.42. The Labute approximate surface area is 152 Å². The van der Waals surface area contributed by atoms with Crippen LogP contribution in [0.4, 0.5) is 0 Å². The van der Waals surface area contributed by atoms with Gasteiger partial charge in [0, 0.05) is 38.4 Å². The molecule has 0 amide bonds. The molecule has 25 heavy (non-hydrogen) atoms. The van der Waals surface area contributed by atoms with Gasteiger partial charge in [-0.3, -0.25) is 4.57 Å². The summed E-state index contributed by atoms with van der Waals surface area (Å²) in [6.07, 6.45) is 4.18. The molecule has 2 aliphatic rings. The molecule has 0 bridgehead atoms. The van der Waals surface area contributed by atoms with Crippen LogP contribution in [0, 0.1) is 11.3 Å². The van der Waals surface area contributed by atoms with Gasteiger partial charge < -0.3 is 14.6 Å². The number of rotatable bonds is 2. The standard InChI is InChI=1S/C18H22N4O2.ClH/c19-12-13-1-2-16-17(11-13)22(18(23)20-16)15-3-7-21(8-4-15)14-5-9-24-10-6-14;/h1-2,11,14-15H,3-10H2,(H,20,23);1H. The van der Waals surface area contributed by atoms with E-state index in [2.05, 4.69) is 16.0 Å². The fourth-order valence-electron chi connectivity index (χ4n) is 4.11. The number of nitrogens with one attached hydrogen (secondary N) is 1. The molecule has 0 atom stereocenters. The summed E-state index contributed by atoms with van der Waals surface area (Å²) >= 11 is 0. The van der Waals surface area contributed by atoms with Gasteiger partial charge >= 0.3 is 5.69 Å². The van der Waals surface area contributed by atoms with Gasteiger partial charge in [-0.15, -0.1) is 12.4 Å². The number of H-pyrrole nitrogens is 1. The van der Waals surface area contributed by atoms with Gasteiger partial charge in [0.2, 0.25) is 0 Å². The average Bonchev–Trinajstić information content (AvgIpc) is 2.97. The number of nitrogens with zero attached hydrogens (tertiary/aromatic N) is 3. The molecule has 2 saturated heterocycles. The van der Waals surface area contributed by atoms with Crippen molar-refractivity contribution in [2.75, 3.05) is 26.3 Å². The van der Waals surface area contributed by atoms with Crippen molar-refractivity contribution in [3.8, 4) is 6.07 Å². The number of aromatic nitrogens is 2. The quantitative estimate of drug-likeness (QED) is 0.890. The number of imidazole rings is 1. The minimum absolute atomic E-state index is 0. The molecule has 0 spiro atoms. The number of piperidine rings is 1. The average molecular weight is 363 g/mol. The second kappa shape index (κ2) is 7.61. The second-order valence-corrected chi connectivity index (χ2v) is 6.75. The number of likely N-dealkylation sites (tertiary alicyclic amines) is 1. The summed E-state index contributed by atoms with van der Waals surface area (Å²) in [5.41, 5.74) is 2.19. The zero-order valence-corrected chi connectivity index (χ0v) is 14.9. The Kier molecular flexibility index (Phi) is 5.48. The van der Waals surface area contributed by atoms with Crippen LogP contribution in [0.5, 0.6) is 0 Å². The van der Waals surface area contributed by atoms with Crippen LogP contribution in [0.15, 0.2) is 23.0 Å². The summed E-state index contributed by atoms with van der Waals surface area (Å²) < 4.78 is 7.31. The van der Waals surface area contributed by atoms with Gasteiger partial charge in [0.25, 0.3) is 0 Å². The number of halogens is 1. The fourth-order valence-corrected chi connectivity index (χ4v) is 4.11. The molecule has 7 heteroatoms. The number of nitriles is 1. The van der Waals surface area contributed by atoms with Crippen molar-refractivity contribution in [1.82, 2.24) is 14.5 Å². The van der Waals surface area contributed by atoms with E-state index in [4.69, 9.17) is 10.00 Å². The van der Waals surface area contributed by atoms with Crippen molar-refractivity contribution in [3.63, 3.8) is 0 Å². The molecule has 0 aliphatic carbocycles. The van der Waals surface area contributed by atoms with E-state index in [1.165, 1.54) is 0 Å². The summed E-state index contributed by atoms with van der Waals surface area (Å²) in [4.78, 5) is 17.9. The van der Waals surface area contributed by atoms with Crippen molar-refractivity contribution in [2.45, 2.75) is 37.8 Å². The second-order valence-electron chi connectivity index (χ2n) is 6.75. The molecule has 4 rings (SSSR count). The van der Waals surface area contributed by atoms with Crippen LogP contribution in [0.25, 0.3) is 11.0 Å². The lowest BCUT2D eigenvalue weighted by Gasteiger charge is -2.39. The molecule has 1 aromatic carbocycles. The zero-order chi connectivity index (χ0) is 16.5. The summed E-state index contributed by atoms with van der Waals surface area (Å²) in [6.45, 7) is 3.77. The van der Waals surface area contributed by atoms with E-state index in [-0.39, 0.29) is 24.1 Å². The van der Waals surface area contributed by atoms with Crippen LogP contribution in [0.1, 0.15) is 37.3 Å². The van der Waals surface area contributed by atoms with Gasteiger partial charge in [0.1, 0.15) is 0 Å². The summed E-state index contributed by atoms with van der Waals surface area (Å²) in [5.74, 6) is 0. The van der Waals surface area contributed by atoms with Crippen LogP contribution in [0.3, 0.4) is 0 Å². The molecule has 1 aromatic heterocycles. The van der Waals surface area contributed by atoms with Crippen molar-refractivity contribution in [2.24, 2.45) is 0 Å². The van der Waals surface area contributed by atoms with Gasteiger partial charge in [-0.2, -0.15) is 5.26 Å². The van der Waals surface area contributed by atoms with Crippen molar-refractivity contribution >= 4 is 23.4 Å². The molecule has 1 N–H and O–H groups in total. The Bertz CT molecular complexity index is 824. The van der Waals surface area contributed by atoms with Crippen LogP contribution in [-0.2, 0) is 4.74 Å². The Morgan fingerprint density at radius 2 is 1.84 bits per heavy atom. The summed E-state index contributed by atoms with van der Waals surface area (Å²) in [5, 5.41) is 9.12. The maximum Gasteiger partial charge on any atom is 0.326 e. The van der Waals surface area contributed by atoms with E-state index in [0.29, 0.717) is 11.6 Å². The largest absolute Gasteiger partial charge is 0.381 e. The monoisotopic (exact) mass is 362 g/mol. The third-order valence-electron chi connectivity index (χ3n) is 5.42. The van der Waals surface area contributed by atoms with Crippen LogP contribution < -0.4 is 5.69 Å². The maximum absolute atomic E-state index is 12.4. The molecule has 6 nitrogen and oxygen atoms in total. The van der Waals surface area contributed by atoms with Crippen molar-refractivity contribution in [1.29, 1.82) is 5.26 Å². The number of benzene rings is 1. The van der Waals surface area contributed by atoms with Crippen molar-refractivity contribution < 1.29 is 4.74 Å². The third kappa shape index (κ3) is 3.45. The maximum atomic E-state index is 12.4. The molecular weight excluding hydrogens is 340 g/mol. The highest BCUT2D eigenvalue weighted by atomic mass is 35.5. The molecule has 2 aliphatic heterocycles. The minimum atomic E-state index is -0.0652. The molecule has 3 heterocycles. The van der Waals surface area contributed by atoms with Crippen molar-refractivity contribution in [3.05, 3.63) is 34.2 Å². The highest BCUT2D eigenvalue weighted by Gasteiger charge is 2.28. The van der Waals surface area contributed by atoms with Gasteiger partial charge in [-0.1, -0.05) is 0 Å². The first-order valence-corrected chi connectivity index (χ1v) is 8.72. The topological polar surface area (TPSA) is 74.0 Å². The first-order valence-electron chi connectivity index (χ1n) is 8.72. The van der Waals surface area contributed by atoms with Crippen LogP contribution in [-0.4, -0.2) is 46.8 Å². The predicted octanol–water partition coefficient (Wildman–Crippen LogP) is 2.44. The molecule has 2 fully saturated rings. The Morgan fingerprint density at radius 3 is 2.52 bits per heavy atom. The van der Waals surface area contributed by atoms with Gasteiger partial charge in [-0.05, 0) is 43.9 Å². The fraction of sp³-hybridized carbons (Fsp3) is 0.556. The Morgan fingerprint density at radius 1 is 1.12 bits per heavy atom. The SMILES string of the molecule is Cl.N#Cc1ccc2[nH]c(=O)n(C3CCN(C4CCOCC4)CC3)c2c1. The zero-order valence-electron chi connectivity index (χ0n) is 14.1. The highest BCUT2D eigenvalue weighted by molar-refractivity contribution is 5.85.